The number of anilines is 1. The molecule has 7 heteroatoms. The van der Waals surface area contributed by atoms with Gasteiger partial charge in [0.2, 0.25) is 0 Å². The molecule has 0 aromatic heterocycles. The first kappa shape index (κ1) is 22.7. The number of ether oxygens (including phenoxy) is 4. The minimum atomic E-state index is -0.435. The van der Waals surface area contributed by atoms with Gasteiger partial charge in [0, 0.05) is 22.9 Å². The van der Waals surface area contributed by atoms with Crippen LogP contribution in [0.3, 0.4) is 0 Å². The van der Waals surface area contributed by atoms with Crippen LogP contribution in [0.1, 0.15) is 33.2 Å². The lowest BCUT2D eigenvalue weighted by Gasteiger charge is -2.14. The highest BCUT2D eigenvalue weighted by Crippen LogP contribution is 2.25. The van der Waals surface area contributed by atoms with Crippen LogP contribution < -0.4 is 19.5 Å². The Kier molecular flexibility index (Phi) is 7.70. The molecule has 0 bridgehead atoms. The van der Waals surface area contributed by atoms with Crippen LogP contribution in [-0.4, -0.2) is 32.7 Å². The highest BCUT2D eigenvalue weighted by Gasteiger charge is 2.13. The van der Waals surface area contributed by atoms with Crippen molar-refractivity contribution in [3.05, 3.63) is 83.4 Å². The van der Waals surface area contributed by atoms with Crippen LogP contribution in [0.5, 0.6) is 17.2 Å². The molecule has 1 N–H and O–H groups in total. The standard InChI is InChI=1S/C25H25NO6/c1-4-31-23-13-10-18(14-19(23)16-32-22-7-5-6-21(15-22)29-2)24(27)26-20-11-8-17(9-12-20)25(28)30-3/h5-15H,4,16H2,1-3H3,(H,26,27). The monoisotopic (exact) mass is 435 g/mol. The molecule has 0 aliphatic heterocycles. The normalized spacial score (nSPS) is 10.2. The van der Waals surface area contributed by atoms with E-state index in [0.717, 1.165) is 5.56 Å². The Balaban J connectivity index is 1.74. The Morgan fingerprint density at radius 2 is 1.56 bits per heavy atom. The second kappa shape index (κ2) is 10.9. The van der Waals surface area contributed by atoms with Gasteiger partial charge in [-0.3, -0.25) is 4.79 Å². The predicted octanol–water partition coefficient (Wildman–Crippen LogP) is 4.71. The number of hydrogen-bond acceptors (Lipinski definition) is 6. The van der Waals surface area contributed by atoms with Crippen molar-refractivity contribution in [2.75, 3.05) is 26.1 Å². The molecule has 0 aliphatic carbocycles. The Hall–Kier alpha value is -4.00. The molecule has 166 valence electrons. The summed E-state index contributed by atoms with van der Waals surface area (Å²) in [6.07, 6.45) is 0. The van der Waals surface area contributed by atoms with E-state index in [0.29, 0.717) is 40.7 Å². The maximum atomic E-state index is 12.8. The van der Waals surface area contributed by atoms with Gasteiger partial charge in [0.25, 0.3) is 5.91 Å². The molecule has 0 atom stereocenters. The second-order valence-electron chi connectivity index (χ2n) is 6.75. The van der Waals surface area contributed by atoms with Gasteiger partial charge in [-0.05, 0) is 61.5 Å². The second-order valence-corrected chi connectivity index (χ2v) is 6.75. The molecule has 0 unspecified atom stereocenters. The van der Waals surface area contributed by atoms with Crippen molar-refractivity contribution in [3.8, 4) is 17.2 Å². The lowest BCUT2D eigenvalue weighted by Crippen LogP contribution is -2.13. The fourth-order valence-electron chi connectivity index (χ4n) is 2.99. The summed E-state index contributed by atoms with van der Waals surface area (Å²) in [5.41, 5.74) is 2.16. The highest BCUT2D eigenvalue weighted by molar-refractivity contribution is 6.04. The summed E-state index contributed by atoms with van der Waals surface area (Å²) in [4.78, 5) is 24.3. The summed E-state index contributed by atoms with van der Waals surface area (Å²) in [5, 5.41) is 2.82. The molecular weight excluding hydrogens is 410 g/mol. The lowest BCUT2D eigenvalue weighted by atomic mass is 10.1. The maximum Gasteiger partial charge on any atom is 0.337 e. The summed E-state index contributed by atoms with van der Waals surface area (Å²) in [6.45, 7) is 2.60. The van der Waals surface area contributed by atoms with Crippen molar-refractivity contribution in [3.63, 3.8) is 0 Å². The third-order valence-electron chi connectivity index (χ3n) is 4.62. The first-order valence-corrected chi connectivity index (χ1v) is 10.1. The van der Waals surface area contributed by atoms with Crippen LogP contribution in [0, 0.1) is 0 Å². The Morgan fingerprint density at radius 1 is 0.844 bits per heavy atom. The van der Waals surface area contributed by atoms with E-state index >= 15 is 0 Å². The van der Waals surface area contributed by atoms with E-state index in [1.54, 1.807) is 55.6 Å². The zero-order valence-corrected chi connectivity index (χ0v) is 18.2. The number of benzene rings is 3. The zero-order chi connectivity index (χ0) is 22.9. The first-order valence-electron chi connectivity index (χ1n) is 10.1. The summed E-state index contributed by atoms with van der Waals surface area (Å²) in [5.74, 6) is 1.26. The number of carbonyl (C=O) groups is 2. The molecule has 3 rings (SSSR count). The van der Waals surface area contributed by atoms with Gasteiger partial charge in [-0.2, -0.15) is 0 Å². The van der Waals surface area contributed by atoms with Crippen LogP contribution in [-0.2, 0) is 11.3 Å². The Bertz CT molecular complexity index is 1080. The smallest absolute Gasteiger partial charge is 0.337 e. The van der Waals surface area contributed by atoms with Gasteiger partial charge in [0.15, 0.2) is 0 Å². The largest absolute Gasteiger partial charge is 0.497 e. The number of amides is 1. The lowest BCUT2D eigenvalue weighted by molar-refractivity contribution is 0.0600. The van der Waals surface area contributed by atoms with Gasteiger partial charge in [0.1, 0.15) is 23.9 Å². The van der Waals surface area contributed by atoms with Crippen LogP contribution in [0.2, 0.25) is 0 Å². The molecular formula is C25H25NO6. The van der Waals surface area contributed by atoms with Gasteiger partial charge >= 0.3 is 5.97 Å². The van der Waals surface area contributed by atoms with E-state index in [1.807, 2.05) is 25.1 Å². The molecule has 32 heavy (non-hydrogen) atoms. The van der Waals surface area contributed by atoms with Crippen molar-refractivity contribution in [1.29, 1.82) is 0 Å². The van der Waals surface area contributed by atoms with Gasteiger partial charge in [0.05, 0.1) is 26.4 Å². The fourth-order valence-corrected chi connectivity index (χ4v) is 2.99. The minimum Gasteiger partial charge on any atom is -0.497 e. The van der Waals surface area contributed by atoms with Gasteiger partial charge in [-0.25, -0.2) is 4.79 Å². The van der Waals surface area contributed by atoms with E-state index in [9.17, 15) is 9.59 Å². The summed E-state index contributed by atoms with van der Waals surface area (Å²) in [7, 11) is 2.91. The summed E-state index contributed by atoms with van der Waals surface area (Å²) >= 11 is 0. The summed E-state index contributed by atoms with van der Waals surface area (Å²) < 4.78 is 21.5. The maximum absolute atomic E-state index is 12.8. The molecule has 0 saturated heterocycles. The van der Waals surface area contributed by atoms with Crippen molar-refractivity contribution >= 4 is 17.6 Å². The van der Waals surface area contributed by atoms with Crippen molar-refractivity contribution < 1.29 is 28.5 Å². The molecule has 0 fully saturated rings. The molecule has 0 radical (unpaired) electrons. The first-order chi connectivity index (χ1) is 15.5. The average molecular weight is 435 g/mol. The topological polar surface area (TPSA) is 83.1 Å². The van der Waals surface area contributed by atoms with Crippen LogP contribution >= 0.6 is 0 Å². The van der Waals surface area contributed by atoms with E-state index in [-0.39, 0.29) is 12.5 Å². The predicted molar refractivity (Wildman–Crippen MR) is 121 cm³/mol. The zero-order valence-electron chi connectivity index (χ0n) is 18.2. The van der Waals surface area contributed by atoms with Crippen molar-refractivity contribution in [2.45, 2.75) is 13.5 Å². The number of methoxy groups -OCH3 is 2. The Morgan fingerprint density at radius 3 is 2.25 bits per heavy atom. The average Bonchev–Trinajstić information content (AvgIpc) is 2.83. The molecule has 3 aromatic rings. The molecule has 0 spiro atoms. The van der Waals surface area contributed by atoms with Gasteiger partial charge in [-0.15, -0.1) is 0 Å². The number of rotatable bonds is 9. The molecule has 3 aromatic carbocycles. The van der Waals surface area contributed by atoms with Crippen molar-refractivity contribution in [2.24, 2.45) is 0 Å². The Labute approximate surface area is 186 Å². The summed E-state index contributed by atoms with van der Waals surface area (Å²) in [6, 6.07) is 18.9. The van der Waals surface area contributed by atoms with Crippen LogP contribution in [0.15, 0.2) is 66.7 Å². The number of esters is 1. The molecule has 0 heterocycles. The van der Waals surface area contributed by atoms with E-state index < -0.39 is 5.97 Å². The van der Waals surface area contributed by atoms with E-state index in [4.69, 9.17) is 14.2 Å². The fraction of sp³-hybridized carbons (Fsp3) is 0.200. The van der Waals surface area contributed by atoms with Gasteiger partial charge < -0.3 is 24.3 Å². The molecule has 0 aliphatic rings. The minimum absolute atomic E-state index is 0.220. The third-order valence-corrected chi connectivity index (χ3v) is 4.62. The van der Waals surface area contributed by atoms with Crippen molar-refractivity contribution in [1.82, 2.24) is 0 Å². The van der Waals surface area contributed by atoms with Crippen LogP contribution in [0.25, 0.3) is 0 Å². The van der Waals surface area contributed by atoms with Gasteiger partial charge in [-0.1, -0.05) is 6.07 Å². The number of nitrogens with one attached hydrogen (secondary N) is 1. The number of carbonyl (C=O) groups excluding carboxylic acids is 2. The quantitative estimate of drug-likeness (QED) is 0.490. The van der Waals surface area contributed by atoms with Crippen LogP contribution in [0.4, 0.5) is 5.69 Å². The highest BCUT2D eigenvalue weighted by atomic mass is 16.5. The molecule has 1 amide bonds. The van der Waals surface area contributed by atoms with E-state index in [1.165, 1.54) is 7.11 Å². The molecule has 0 saturated carbocycles. The SMILES string of the molecule is CCOc1ccc(C(=O)Nc2ccc(C(=O)OC)cc2)cc1COc1cccc(OC)c1. The third kappa shape index (κ3) is 5.78. The molecule has 7 nitrogen and oxygen atoms in total. The van der Waals surface area contributed by atoms with E-state index in [2.05, 4.69) is 10.1 Å². The number of hydrogen-bond donors (Lipinski definition) is 1.